The predicted octanol–water partition coefficient (Wildman–Crippen LogP) is 4.41. The number of hydrogen-bond acceptors (Lipinski definition) is 2. The summed E-state index contributed by atoms with van der Waals surface area (Å²) in [4.78, 5) is 0. The zero-order valence-corrected chi connectivity index (χ0v) is 14.1. The van der Waals surface area contributed by atoms with Crippen LogP contribution in [-0.2, 0) is 6.54 Å². The molecule has 1 aromatic carbocycles. The van der Waals surface area contributed by atoms with Crippen molar-refractivity contribution >= 4 is 27.5 Å². The van der Waals surface area contributed by atoms with Crippen LogP contribution in [0.3, 0.4) is 0 Å². The van der Waals surface area contributed by atoms with Crippen molar-refractivity contribution in [2.24, 2.45) is 0 Å². The summed E-state index contributed by atoms with van der Waals surface area (Å²) in [6.45, 7) is 6.04. The van der Waals surface area contributed by atoms with Crippen LogP contribution in [0.4, 0.5) is 0 Å². The van der Waals surface area contributed by atoms with Crippen molar-refractivity contribution in [1.82, 2.24) is 15.1 Å². The van der Waals surface area contributed by atoms with E-state index in [1.165, 1.54) is 0 Å². The summed E-state index contributed by atoms with van der Waals surface area (Å²) in [5, 5.41) is 8.68. The van der Waals surface area contributed by atoms with Crippen molar-refractivity contribution in [1.29, 1.82) is 0 Å². The second-order valence-electron chi connectivity index (χ2n) is 4.62. The van der Waals surface area contributed by atoms with Crippen LogP contribution in [-0.4, -0.2) is 16.3 Å². The molecule has 0 aliphatic heterocycles. The SMILES string of the molecule is CCCNC(c1ccc(Br)cc1Cl)c1ccnn1CC. The standard InChI is InChI=1S/C15H19BrClN3/c1-3-8-18-15(14-7-9-19-20(14)4-2)12-6-5-11(16)10-13(12)17/h5-7,9-10,15,18H,3-4,8H2,1-2H3. The molecule has 0 saturated heterocycles. The molecule has 0 saturated carbocycles. The maximum absolute atomic E-state index is 6.42. The Morgan fingerprint density at radius 3 is 2.80 bits per heavy atom. The first-order valence-electron chi connectivity index (χ1n) is 6.87. The topological polar surface area (TPSA) is 29.9 Å². The van der Waals surface area contributed by atoms with Crippen LogP contribution in [0, 0.1) is 0 Å². The van der Waals surface area contributed by atoms with Gasteiger partial charge in [0.2, 0.25) is 0 Å². The smallest absolute Gasteiger partial charge is 0.0762 e. The summed E-state index contributed by atoms with van der Waals surface area (Å²) >= 11 is 9.87. The summed E-state index contributed by atoms with van der Waals surface area (Å²) in [5.74, 6) is 0. The highest BCUT2D eigenvalue weighted by molar-refractivity contribution is 9.10. The molecule has 1 aromatic heterocycles. The second-order valence-corrected chi connectivity index (χ2v) is 5.95. The molecule has 0 aliphatic rings. The molecule has 0 spiro atoms. The van der Waals surface area contributed by atoms with Gasteiger partial charge in [-0.2, -0.15) is 5.10 Å². The third kappa shape index (κ3) is 3.43. The Morgan fingerprint density at radius 2 is 2.15 bits per heavy atom. The maximum Gasteiger partial charge on any atom is 0.0762 e. The number of benzene rings is 1. The first kappa shape index (κ1) is 15.5. The fourth-order valence-electron chi connectivity index (χ4n) is 2.25. The van der Waals surface area contributed by atoms with E-state index in [0.29, 0.717) is 0 Å². The molecular weight excluding hydrogens is 338 g/mol. The van der Waals surface area contributed by atoms with E-state index in [1.54, 1.807) is 0 Å². The van der Waals surface area contributed by atoms with Crippen LogP contribution in [0.25, 0.3) is 0 Å². The van der Waals surface area contributed by atoms with Crippen molar-refractivity contribution in [3.63, 3.8) is 0 Å². The van der Waals surface area contributed by atoms with E-state index in [9.17, 15) is 0 Å². The van der Waals surface area contributed by atoms with Gasteiger partial charge in [0.15, 0.2) is 0 Å². The van der Waals surface area contributed by atoms with Crippen molar-refractivity contribution in [3.8, 4) is 0 Å². The van der Waals surface area contributed by atoms with Gasteiger partial charge in [0.1, 0.15) is 0 Å². The molecule has 0 fully saturated rings. The number of nitrogens with one attached hydrogen (secondary N) is 1. The van der Waals surface area contributed by atoms with Gasteiger partial charge < -0.3 is 5.32 Å². The Hall–Kier alpha value is -0.840. The number of nitrogens with zero attached hydrogens (tertiary/aromatic N) is 2. The van der Waals surface area contributed by atoms with Gasteiger partial charge in [-0.3, -0.25) is 4.68 Å². The minimum Gasteiger partial charge on any atom is -0.305 e. The van der Waals surface area contributed by atoms with Crippen LogP contribution in [0.1, 0.15) is 37.6 Å². The number of hydrogen-bond donors (Lipinski definition) is 1. The molecule has 20 heavy (non-hydrogen) atoms. The minimum absolute atomic E-state index is 0.0676. The zero-order chi connectivity index (χ0) is 14.5. The normalized spacial score (nSPS) is 12.6. The Kier molecular flexibility index (Phi) is 5.64. The summed E-state index contributed by atoms with van der Waals surface area (Å²) < 4.78 is 3.00. The number of aromatic nitrogens is 2. The third-order valence-electron chi connectivity index (χ3n) is 3.22. The molecular formula is C15H19BrClN3. The monoisotopic (exact) mass is 355 g/mol. The molecule has 0 bridgehead atoms. The van der Waals surface area contributed by atoms with E-state index in [-0.39, 0.29) is 6.04 Å². The van der Waals surface area contributed by atoms with Gasteiger partial charge in [-0.15, -0.1) is 0 Å². The highest BCUT2D eigenvalue weighted by atomic mass is 79.9. The van der Waals surface area contributed by atoms with Crippen molar-refractivity contribution in [3.05, 3.63) is 51.2 Å². The lowest BCUT2D eigenvalue weighted by atomic mass is 10.0. The Labute approximate surface area is 133 Å². The quantitative estimate of drug-likeness (QED) is 0.831. The first-order chi connectivity index (χ1) is 9.67. The van der Waals surface area contributed by atoms with Crippen molar-refractivity contribution in [2.45, 2.75) is 32.9 Å². The number of aryl methyl sites for hydroxylation is 1. The minimum atomic E-state index is 0.0676. The van der Waals surface area contributed by atoms with E-state index in [0.717, 1.165) is 40.3 Å². The number of rotatable bonds is 6. The molecule has 0 aliphatic carbocycles. The molecule has 5 heteroatoms. The molecule has 2 aromatic rings. The summed E-state index contributed by atoms with van der Waals surface area (Å²) in [5.41, 5.74) is 2.23. The van der Waals surface area contributed by atoms with Gasteiger partial charge in [0, 0.05) is 22.2 Å². The third-order valence-corrected chi connectivity index (χ3v) is 4.04. The van der Waals surface area contributed by atoms with Crippen LogP contribution in [0.5, 0.6) is 0 Å². The first-order valence-corrected chi connectivity index (χ1v) is 8.04. The average Bonchev–Trinajstić information content (AvgIpc) is 2.89. The predicted molar refractivity (Wildman–Crippen MR) is 87.2 cm³/mol. The maximum atomic E-state index is 6.42. The molecule has 1 unspecified atom stereocenters. The van der Waals surface area contributed by atoms with E-state index in [4.69, 9.17) is 11.6 Å². The van der Waals surface area contributed by atoms with Crippen LogP contribution < -0.4 is 5.32 Å². The van der Waals surface area contributed by atoms with Crippen molar-refractivity contribution in [2.75, 3.05) is 6.54 Å². The van der Waals surface area contributed by atoms with Gasteiger partial charge in [-0.25, -0.2) is 0 Å². The molecule has 1 N–H and O–H groups in total. The van der Waals surface area contributed by atoms with Gasteiger partial charge in [0.25, 0.3) is 0 Å². The molecule has 108 valence electrons. The summed E-state index contributed by atoms with van der Waals surface area (Å²) in [6.07, 6.45) is 2.91. The number of halogens is 2. The van der Waals surface area contributed by atoms with Gasteiger partial charge in [-0.1, -0.05) is 40.5 Å². The summed E-state index contributed by atoms with van der Waals surface area (Å²) in [7, 11) is 0. The lowest BCUT2D eigenvalue weighted by molar-refractivity contribution is 0.530. The van der Waals surface area contributed by atoms with Gasteiger partial charge >= 0.3 is 0 Å². The van der Waals surface area contributed by atoms with Crippen LogP contribution in [0.2, 0.25) is 5.02 Å². The molecule has 0 radical (unpaired) electrons. The van der Waals surface area contributed by atoms with Crippen LogP contribution in [0.15, 0.2) is 34.9 Å². The van der Waals surface area contributed by atoms with E-state index in [2.05, 4.69) is 52.3 Å². The average molecular weight is 357 g/mol. The highest BCUT2D eigenvalue weighted by Gasteiger charge is 2.19. The summed E-state index contributed by atoms with van der Waals surface area (Å²) in [6, 6.07) is 8.14. The Morgan fingerprint density at radius 1 is 1.35 bits per heavy atom. The second kappa shape index (κ2) is 7.25. The fourth-order valence-corrected chi connectivity index (χ4v) is 3.03. The van der Waals surface area contributed by atoms with Gasteiger partial charge in [-0.05, 0) is 43.7 Å². The zero-order valence-electron chi connectivity index (χ0n) is 11.7. The molecule has 2 rings (SSSR count). The lowest BCUT2D eigenvalue weighted by Crippen LogP contribution is -2.26. The van der Waals surface area contributed by atoms with E-state index in [1.807, 2.05) is 23.0 Å². The largest absolute Gasteiger partial charge is 0.305 e. The molecule has 1 atom stereocenters. The Balaban J connectivity index is 2.41. The highest BCUT2D eigenvalue weighted by Crippen LogP contribution is 2.30. The van der Waals surface area contributed by atoms with E-state index >= 15 is 0 Å². The Bertz CT molecular complexity index is 568. The van der Waals surface area contributed by atoms with Crippen molar-refractivity contribution < 1.29 is 0 Å². The molecule has 1 heterocycles. The fraction of sp³-hybridized carbons (Fsp3) is 0.400. The lowest BCUT2D eigenvalue weighted by Gasteiger charge is -2.21. The van der Waals surface area contributed by atoms with Crippen LogP contribution >= 0.6 is 27.5 Å². The molecule has 3 nitrogen and oxygen atoms in total. The van der Waals surface area contributed by atoms with Gasteiger partial charge in [0.05, 0.1) is 11.7 Å². The molecule has 0 amide bonds. The van der Waals surface area contributed by atoms with E-state index < -0.39 is 0 Å².